The molecule has 6 heteroatoms. The van der Waals surface area contributed by atoms with Crippen molar-refractivity contribution in [2.24, 2.45) is 7.05 Å². The van der Waals surface area contributed by atoms with E-state index in [4.69, 9.17) is 5.11 Å². The van der Waals surface area contributed by atoms with Gasteiger partial charge in [-0.1, -0.05) is 30.3 Å². The Labute approximate surface area is 135 Å². The zero-order valence-corrected chi connectivity index (χ0v) is 13.4. The van der Waals surface area contributed by atoms with Gasteiger partial charge in [-0.3, -0.25) is 19.3 Å². The number of aromatic nitrogens is 2. The highest BCUT2D eigenvalue weighted by atomic mass is 16.4. The maximum atomic E-state index is 10.8. The van der Waals surface area contributed by atoms with Crippen LogP contribution in [0.1, 0.15) is 5.56 Å². The van der Waals surface area contributed by atoms with Crippen molar-refractivity contribution in [1.82, 2.24) is 19.6 Å². The molecule has 1 aromatic heterocycles. The van der Waals surface area contributed by atoms with Crippen molar-refractivity contribution in [2.45, 2.75) is 6.54 Å². The minimum atomic E-state index is -0.753. The molecule has 0 atom stereocenters. The van der Waals surface area contributed by atoms with Gasteiger partial charge in [0.25, 0.3) is 0 Å². The number of aryl methyl sites for hydroxylation is 1. The number of rotatable bonds is 5. The third-order valence-electron chi connectivity index (χ3n) is 4.17. The Morgan fingerprint density at radius 3 is 2.43 bits per heavy atom. The van der Waals surface area contributed by atoms with Gasteiger partial charge in [0, 0.05) is 57.1 Å². The van der Waals surface area contributed by atoms with Gasteiger partial charge in [-0.05, 0) is 0 Å². The number of aliphatic carboxylic acids is 1. The van der Waals surface area contributed by atoms with Gasteiger partial charge in [0.05, 0.1) is 12.2 Å². The zero-order valence-electron chi connectivity index (χ0n) is 13.4. The summed E-state index contributed by atoms with van der Waals surface area (Å²) in [7, 11) is 1.95. The lowest BCUT2D eigenvalue weighted by molar-refractivity contribution is -0.138. The summed E-state index contributed by atoms with van der Waals surface area (Å²) < 4.78 is 1.86. The molecule has 2 aromatic rings. The van der Waals surface area contributed by atoms with E-state index in [-0.39, 0.29) is 6.54 Å². The summed E-state index contributed by atoms with van der Waals surface area (Å²) in [6, 6.07) is 10.2. The summed E-state index contributed by atoms with van der Waals surface area (Å²) in [6.45, 7) is 4.35. The monoisotopic (exact) mass is 314 g/mol. The number of carbonyl (C=O) groups is 1. The third-order valence-corrected chi connectivity index (χ3v) is 4.17. The van der Waals surface area contributed by atoms with E-state index in [1.54, 1.807) is 0 Å². The van der Waals surface area contributed by atoms with Gasteiger partial charge in [0.1, 0.15) is 0 Å². The Morgan fingerprint density at radius 2 is 1.78 bits per heavy atom. The summed E-state index contributed by atoms with van der Waals surface area (Å²) in [6.07, 6.45) is 2.08. The molecule has 2 heterocycles. The van der Waals surface area contributed by atoms with E-state index in [0.717, 1.165) is 44.0 Å². The Hall–Kier alpha value is -2.18. The van der Waals surface area contributed by atoms with Crippen molar-refractivity contribution >= 4 is 5.97 Å². The Bertz CT molecular complexity index is 660. The van der Waals surface area contributed by atoms with Crippen LogP contribution in [0.3, 0.4) is 0 Å². The third kappa shape index (κ3) is 3.97. The van der Waals surface area contributed by atoms with Gasteiger partial charge in [-0.15, -0.1) is 0 Å². The van der Waals surface area contributed by atoms with Gasteiger partial charge >= 0.3 is 5.97 Å². The lowest BCUT2D eigenvalue weighted by Gasteiger charge is -2.33. The van der Waals surface area contributed by atoms with Crippen molar-refractivity contribution < 1.29 is 9.90 Å². The topological polar surface area (TPSA) is 61.6 Å². The fourth-order valence-corrected chi connectivity index (χ4v) is 3.03. The van der Waals surface area contributed by atoms with Crippen LogP contribution in [-0.2, 0) is 18.4 Å². The molecule has 1 aliphatic rings. The molecule has 23 heavy (non-hydrogen) atoms. The molecule has 0 aliphatic carbocycles. The van der Waals surface area contributed by atoms with Gasteiger partial charge in [0.2, 0.25) is 0 Å². The number of nitrogens with zero attached hydrogens (tertiary/aromatic N) is 4. The molecular formula is C17H22N4O2. The minimum Gasteiger partial charge on any atom is -0.480 e. The normalized spacial score (nSPS) is 16.6. The second-order valence-corrected chi connectivity index (χ2v) is 5.99. The first-order valence-electron chi connectivity index (χ1n) is 7.86. The van der Waals surface area contributed by atoms with E-state index < -0.39 is 5.97 Å². The van der Waals surface area contributed by atoms with E-state index in [9.17, 15) is 4.79 Å². The molecular weight excluding hydrogens is 292 g/mol. The van der Waals surface area contributed by atoms with Crippen molar-refractivity contribution in [3.05, 3.63) is 42.1 Å². The summed E-state index contributed by atoms with van der Waals surface area (Å²) in [5.74, 6) is -0.753. The first kappa shape index (κ1) is 15.7. The maximum Gasteiger partial charge on any atom is 0.317 e. The smallest absolute Gasteiger partial charge is 0.317 e. The number of hydrogen-bond donors (Lipinski definition) is 1. The number of hydrogen-bond acceptors (Lipinski definition) is 4. The van der Waals surface area contributed by atoms with E-state index in [1.165, 1.54) is 5.56 Å². The molecule has 1 fully saturated rings. The molecule has 0 radical (unpaired) electrons. The van der Waals surface area contributed by atoms with E-state index in [0.29, 0.717) is 0 Å². The van der Waals surface area contributed by atoms with Gasteiger partial charge < -0.3 is 5.11 Å². The van der Waals surface area contributed by atoms with Crippen molar-refractivity contribution in [1.29, 1.82) is 0 Å². The fraction of sp³-hybridized carbons (Fsp3) is 0.412. The number of carboxylic acids is 1. The lowest BCUT2D eigenvalue weighted by atomic mass is 10.1. The highest BCUT2D eigenvalue weighted by molar-refractivity contribution is 5.69. The molecule has 1 saturated heterocycles. The van der Waals surface area contributed by atoms with Crippen LogP contribution in [0.4, 0.5) is 0 Å². The predicted molar refractivity (Wildman–Crippen MR) is 88.0 cm³/mol. The number of piperazine rings is 1. The van der Waals surface area contributed by atoms with Gasteiger partial charge in [-0.25, -0.2) is 0 Å². The fourth-order valence-electron chi connectivity index (χ4n) is 3.03. The minimum absolute atomic E-state index is 0.135. The zero-order chi connectivity index (χ0) is 16.2. The first-order valence-corrected chi connectivity index (χ1v) is 7.86. The summed E-state index contributed by atoms with van der Waals surface area (Å²) in [4.78, 5) is 15.1. The molecule has 1 aliphatic heterocycles. The average molecular weight is 314 g/mol. The Balaban J connectivity index is 1.67. The molecule has 0 unspecified atom stereocenters. The van der Waals surface area contributed by atoms with E-state index in [2.05, 4.69) is 28.3 Å². The summed E-state index contributed by atoms with van der Waals surface area (Å²) >= 11 is 0. The molecule has 1 aromatic carbocycles. The molecule has 0 spiro atoms. The summed E-state index contributed by atoms with van der Waals surface area (Å²) in [5.41, 5.74) is 3.37. The van der Waals surface area contributed by atoms with Crippen LogP contribution in [0.25, 0.3) is 11.3 Å². The van der Waals surface area contributed by atoms with Crippen LogP contribution < -0.4 is 0 Å². The van der Waals surface area contributed by atoms with Crippen LogP contribution in [0.2, 0.25) is 0 Å². The predicted octanol–water partition coefficient (Wildman–Crippen LogP) is 1.29. The van der Waals surface area contributed by atoms with Crippen LogP contribution in [-0.4, -0.2) is 63.4 Å². The highest BCUT2D eigenvalue weighted by Gasteiger charge is 2.20. The standard InChI is InChI=1S/C17H22N4O2/c1-19-11-15(17(18-19)14-5-3-2-4-6-14)12-20-7-9-21(10-8-20)13-16(22)23/h2-6,11H,7-10,12-13H2,1H3,(H,22,23). The van der Waals surface area contributed by atoms with Crippen molar-refractivity contribution in [3.8, 4) is 11.3 Å². The second-order valence-electron chi connectivity index (χ2n) is 5.99. The van der Waals surface area contributed by atoms with E-state index >= 15 is 0 Å². The average Bonchev–Trinajstić information content (AvgIpc) is 2.90. The van der Waals surface area contributed by atoms with Crippen LogP contribution in [0.15, 0.2) is 36.5 Å². The van der Waals surface area contributed by atoms with Gasteiger partial charge in [0.15, 0.2) is 0 Å². The Kier molecular flexibility index (Phi) is 4.73. The van der Waals surface area contributed by atoms with Crippen LogP contribution in [0.5, 0.6) is 0 Å². The highest BCUT2D eigenvalue weighted by Crippen LogP contribution is 2.23. The molecule has 3 rings (SSSR count). The first-order chi connectivity index (χ1) is 11.1. The molecule has 6 nitrogen and oxygen atoms in total. The number of carboxylic acid groups (broad SMARTS) is 1. The molecule has 1 N–H and O–H groups in total. The second kappa shape index (κ2) is 6.93. The summed E-state index contributed by atoms with van der Waals surface area (Å²) in [5, 5.41) is 13.5. The Morgan fingerprint density at radius 1 is 1.13 bits per heavy atom. The SMILES string of the molecule is Cn1cc(CN2CCN(CC(=O)O)CC2)c(-c2ccccc2)n1. The number of benzene rings is 1. The van der Waals surface area contributed by atoms with Crippen LogP contribution in [0, 0.1) is 0 Å². The lowest BCUT2D eigenvalue weighted by Crippen LogP contribution is -2.47. The molecule has 0 bridgehead atoms. The van der Waals surface area contributed by atoms with Crippen molar-refractivity contribution in [2.75, 3.05) is 32.7 Å². The molecule has 0 amide bonds. The molecule has 0 saturated carbocycles. The quantitative estimate of drug-likeness (QED) is 0.901. The maximum absolute atomic E-state index is 10.8. The van der Waals surface area contributed by atoms with E-state index in [1.807, 2.05) is 34.8 Å². The van der Waals surface area contributed by atoms with Crippen molar-refractivity contribution in [3.63, 3.8) is 0 Å². The largest absolute Gasteiger partial charge is 0.480 e. The van der Waals surface area contributed by atoms with Gasteiger partial charge in [-0.2, -0.15) is 5.10 Å². The molecule has 122 valence electrons. The van der Waals surface area contributed by atoms with Crippen LogP contribution >= 0.6 is 0 Å².